The monoisotopic (exact) mass is 367 g/mol. The van der Waals surface area contributed by atoms with Crippen molar-refractivity contribution in [3.63, 3.8) is 0 Å². The Balaban J connectivity index is 1.91. The van der Waals surface area contributed by atoms with Gasteiger partial charge in [-0.15, -0.1) is 0 Å². The molecule has 0 saturated heterocycles. The highest BCUT2D eigenvalue weighted by Crippen LogP contribution is 2.40. The minimum Gasteiger partial charge on any atom is -0.496 e. The number of benzene rings is 2. The summed E-state index contributed by atoms with van der Waals surface area (Å²) in [5.74, 6) is 0.426. The highest BCUT2D eigenvalue weighted by molar-refractivity contribution is 6.33. The Bertz CT molecular complexity index is 952. The number of hydrogen-bond acceptors (Lipinski definition) is 5. The second-order valence-corrected chi connectivity index (χ2v) is 6.66. The summed E-state index contributed by atoms with van der Waals surface area (Å²) in [4.78, 5) is 10.8. The number of anilines is 1. The van der Waals surface area contributed by atoms with Crippen LogP contribution in [0.2, 0.25) is 0 Å². The molecule has 0 saturated carbocycles. The quantitative estimate of drug-likeness (QED) is 0.361. The Kier molecular flexibility index (Phi) is 4.94. The van der Waals surface area contributed by atoms with Gasteiger partial charge in [0.15, 0.2) is 0 Å². The molecule has 3 rings (SSSR count). The van der Waals surface area contributed by atoms with Gasteiger partial charge in [-0.3, -0.25) is 15.5 Å². The SMILES string of the molecule is CCC1(C)C(/C=N/Nc2ccc(OC)cc2[N+](=O)[O-])=[N+](C)c2ccccc21. The van der Waals surface area contributed by atoms with Crippen molar-refractivity contribution in [1.29, 1.82) is 0 Å². The van der Waals surface area contributed by atoms with Crippen LogP contribution in [0.25, 0.3) is 0 Å². The maximum Gasteiger partial charge on any atom is 0.297 e. The van der Waals surface area contributed by atoms with E-state index in [4.69, 9.17) is 4.74 Å². The van der Waals surface area contributed by atoms with Crippen molar-refractivity contribution in [3.8, 4) is 5.75 Å². The molecule has 7 nitrogen and oxygen atoms in total. The van der Waals surface area contributed by atoms with Crippen molar-refractivity contribution in [2.45, 2.75) is 25.7 Å². The minimum atomic E-state index is -0.457. The van der Waals surface area contributed by atoms with E-state index in [0.29, 0.717) is 11.4 Å². The van der Waals surface area contributed by atoms with Crippen LogP contribution in [-0.4, -0.2) is 35.6 Å². The lowest BCUT2D eigenvalue weighted by Crippen LogP contribution is -2.32. The molecule has 0 spiro atoms. The smallest absolute Gasteiger partial charge is 0.297 e. The Labute approximate surface area is 158 Å². The lowest BCUT2D eigenvalue weighted by molar-refractivity contribution is -0.400. The van der Waals surface area contributed by atoms with E-state index < -0.39 is 4.92 Å². The molecule has 1 aliphatic heterocycles. The maximum absolute atomic E-state index is 11.3. The van der Waals surface area contributed by atoms with E-state index in [0.717, 1.165) is 17.8 Å². The fourth-order valence-electron chi connectivity index (χ4n) is 3.52. The zero-order valence-electron chi connectivity index (χ0n) is 15.9. The fraction of sp³-hybridized carbons (Fsp3) is 0.300. The molecule has 0 bridgehead atoms. The number of fused-ring (bicyclic) bond motifs is 1. The molecule has 0 aromatic heterocycles. The Morgan fingerprint density at radius 1 is 1.33 bits per heavy atom. The summed E-state index contributed by atoms with van der Waals surface area (Å²) in [6.45, 7) is 4.33. The largest absolute Gasteiger partial charge is 0.496 e. The van der Waals surface area contributed by atoms with Crippen molar-refractivity contribution in [1.82, 2.24) is 0 Å². The molecule has 140 valence electrons. The van der Waals surface area contributed by atoms with Crippen molar-refractivity contribution in [2.24, 2.45) is 5.10 Å². The van der Waals surface area contributed by atoms with Gasteiger partial charge >= 0.3 is 0 Å². The van der Waals surface area contributed by atoms with Crippen LogP contribution in [-0.2, 0) is 5.41 Å². The third-order valence-electron chi connectivity index (χ3n) is 5.27. The highest BCUT2D eigenvalue weighted by atomic mass is 16.6. The molecule has 1 atom stereocenters. The van der Waals surface area contributed by atoms with Gasteiger partial charge in [-0.25, -0.2) is 0 Å². The maximum atomic E-state index is 11.3. The van der Waals surface area contributed by atoms with Crippen LogP contribution in [0.15, 0.2) is 47.6 Å². The molecule has 0 amide bonds. The number of methoxy groups -OCH3 is 1. The van der Waals surface area contributed by atoms with Gasteiger partial charge < -0.3 is 4.74 Å². The first-order valence-electron chi connectivity index (χ1n) is 8.74. The number of nitro groups is 1. The summed E-state index contributed by atoms with van der Waals surface area (Å²) < 4.78 is 7.17. The predicted molar refractivity (Wildman–Crippen MR) is 107 cm³/mol. The van der Waals surface area contributed by atoms with Crippen molar-refractivity contribution >= 4 is 29.0 Å². The predicted octanol–water partition coefficient (Wildman–Crippen LogP) is 4.10. The molecule has 0 radical (unpaired) electrons. The lowest BCUT2D eigenvalue weighted by Gasteiger charge is -2.19. The Morgan fingerprint density at radius 3 is 2.74 bits per heavy atom. The molecule has 7 heteroatoms. The van der Waals surface area contributed by atoms with Gasteiger partial charge in [-0.2, -0.15) is 9.68 Å². The molecule has 1 aliphatic rings. The first-order valence-corrected chi connectivity index (χ1v) is 8.74. The first kappa shape index (κ1) is 18.6. The van der Waals surface area contributed by atoms with Crippen molar-refractivity contribution < 1.29 is 14.2 Å². The van der Waals surface area contributed by atoms with Crippen LogP contribution < -0.4 is 10.2 Å². The summed E-state index contributed by atoms with van der Waals surface area (Å²) in [6, 6.07) is 12.9. The zero-order chi connectivity index (χ0) is 19.6. The van der Waals surface area contributed by atoms with Gasteiger partial charge in [0, 0.05) is 11.6 Å². The van der Waals surface area contributed by atoms with E-state index in [-0.39, 0.29) is 11.1 Å². The molecule has 1 heterocycles. The van der Waals surface area contributed by atoms with E-state index in [1.807, 2.05) is 19.2 Å². The summed E-state index contributed by atoms with van der Waals surface area (Å²) in [5, 5.41) is 15.6. The average Bonchev–Trinajstić information content (AvgIpc) is 2.90. The van der Waals surface area contributed by atoms with E-state index in [9.17, 15) is 10.1 Å². The van der Waals surface area contributed by atoms with Crippen molar-refractivity contribution in [3.05, 3.63) is 58.1 Å². The molecular formula is C20H23N4O3+. The second kappa shape index (κ2) is 7.19. The number of nitro benzene ring substituents is 1. The average molecular weight is 367 g/mol. The summed E-state index contributed by atoms with van der Waals surface area (Å²) in [6.07, 6.45) is 2.66. The van der Waals surface area contributed by atoms with Crippen LogP contribution in [0, 0.1) is 10.1 Å². The number of para-hydroxylation sites is 1. The minimum absolute atomic E-state index is 0.0854. The van der Waals surface area contributed by atoms with Gasteiger partial charge in [-0.05, 0) is 25.5 Å². The summed E-state index contributed by atoms with van der Waals surface area (Å²) in [5.41, 5.74) is 6.32. The molecule has 1 unspecified atom stereocenters. The van der Waals surface area contributed by atoms with Gasteiger partial charge in [-0.1, -0.05) is 25.1 Å². The number of hydrogen-bond donors (Lipinski definition) is 1. The molecule has 2 aromatic carbocycles. The molecule has 0 aliphatic carbocycles. The molecular weight excluding hydrogens is 344 g/mol. The Hall–Kier alpha value is -3.22. The number of nitrogens with one attached hydrogen (secondary N) is 1. The Morgan fingerprint density at radius 2 is 2.07 bits per heavy atom. The molecule has 1 N–H and O–H groups in total. The summed E-state index contributed by atoms with van der Waals surface area (Å²) in [7, 11) is 3.48. The number of ether oxygens (including phenoxy) is 1. The fourth-order valence-corrected chi connectivity index (χ4v) is 3.52. The summed E-state index contributed by atoms with van der Waals surface area (Å²) >= 11 is 0. The van der Waals surface area contributed by atoms with Crippen molar-refractivity contribution in [2.75, 3.05) is 19.6 Å². The highest BCUT2D eigenvalue weighted by Gasteiger charge is 2.45. The number of nitrogens with zero attached hydrogens (tertiary/aromatic N) is 3. The second-order valence-electron chi connectivity index (χ2n) is 6.66. The van der Waals surface area contributed by atoms with Crippen LogP contribution in [0.4, 0.5) is 17.1 Å². The van der Waals surface area contributed by atoms with E-state index >= 15 is 0 Å². The standard InChI is InChI=1S/C20H22N4O3/c1-5-20(2)15-8-6-7-9-17(15)23(3)19(20)13-21-22-16-11-10-14(27-4)12-18(16)24(25)26/h6-13H,5H2,1-4H3/p+1. The van der Waals surface area contributed by atoms with E-state index in [1.165, 1.54) is 18.7 Å². The van der Waals surface area contributed by atoms with E-state index in [1.54, 1.807) is 18.3 Å². The topological polar surface area (TPSA) is 79.8 Å². The number of hydrazone groups is 1. The molecule has 2 aromatic rings. The first-order chi connectivity index (χ1) is 12.9. The van der Waals surface area contributed by atoms with Crippen LogP contribution in [0.3, 0.4) is 0 Å². The lowest BCUT2D eigenvalue weighted by atomic mass is 9.77. The molecule has 0 fully saturated rings. The molecule has 27 heavy (non-hydrogen) atoms. The van der Waals surface area contributed by atoms with Crippen LogP contribution in [0.5, 0.6) is 5.75 Å². The van der Waals surface area contributed by atoms with Crippen LogP contribution in [0.1, 0.15) is 25.8 Å². The normalized spacial score (nSPS) is 18.7. The third-order valence-corrected chi connectivity index (χ3v) is 5.27. The van der Waals surface area contributed by atoms with Gasteiger partial charge in [0.1, 0.15) is 24.7 Å². The third kappa shape index (κ3) is 3.16. The van der Waals surface area contributed by atoms with Gasteiger partial charge in [0.2, 0.25) is 11.4 Å². The zero-order valence-corrected chi connectivity index (χ0v) is 15.9. The van der Waals surface area contributed by atoms with Gasteiger partial charge in [0.05, 0.1) is 23.5 Å². The van der Waals surface area contributed by atoms with Crippen LogP contribution >= 0.6 is 0 Å². The number of rotatable bonds is 6. The van der Waals surface area contributed by atoms with E-state index in [2.05, 4.69) is 41.1 Å². The van der Waals surface area contributed by atoms with Gasteiger partial charge in [0.25, 0.3) is 5.69 Å².